The number of nitrogens with zero attached hydrogens (tertiary/aromatic N) is 2. The predicted octanol–water partition coefficient (Wildman–Crippen LogP) is 9.47. The number of carbonyl (C=O) groups excluding carboxylic acids is 1. The van der Waals surface area contributed by atoms with Crippen molar-refractivity contribution in [2.24, 2.45) is 10.9 Å². The van der Waals surface area contributed by atoms with Crippen LogP contribution in [0.1, 0.15) is 73.4 Å². The van der Waals surface area contributed by atoms with E-state index in [1.807, 2.05) is 43.4 Å². The molecule has 1 atom stereocenters. The Labute approximate surface area is 260 Å². The summed E-state index contributed by atoms with van der Waals surface area (Å²) in [4.78, 5) is 21.6. The monoisotopic (exact) mass is 612 g/mol. The highest BCUT2D eigenvalue weighted by Gasteiger charge is 2.31. The maximum Gasteiger partial charge on any atom is 0.278 e. The second-order valence-corrected chi connectivity index (χ2v) is 11.4. The van der Waals surface area contributed by atoms with E-state index in [0.29, 0.717) is 24.1 Å². The largest absolute Gasteiger partial charge is 0.428 e. The number of fused-ring (bicyclic) bond motifs is 1. The predicted molar refractivity (Wildman–Crippen MR) is 173 cm³/mol. The summed E-state index contributed by atoms with van der Waals surface area (Å²) in [7, 11) is 0. The van der Waals surface area contributed by atoms with Crippen LogP contribution in [0.2, 0.25) is 0 Å². The van der Waals surface area contributed by atoms with E-state index in [1.54, 1.807) is 17.7 Å². The van der Waals surface area contributed by atoms with Crippen molar-refractivity contribution in [1.29, 1.82) is 5.41 Å². The number of hydrogen-bond donors (Lipinski definition) is 2. The van der Waals surface area contributed by atoms with E-state index in [9.17, 15) is 4.79 Å². The van der Waals surface area contributed by atoms with Crippen molar-refractivity contribution in [1.82, 2.24) is 4.98 Å². The zero-order chi connectivity index (χ0) is 30.9. The average Bonchev–Trinajstić information content (AvgIpc) is 3.66. The van der Waals surface area contributed by atoms with Crippen molar-refractivity contribution < 1.29 is 18.3 Å². The molecule has 0 spiro atoms. The minimum Gasteiger partial charge on any atom is -0.428 e. The van der Waals surface area contributed by atoms with Crippen LogP contribution >= 0.6 is 11.3 Å². The van der Waals surface area contributed by atoms with Crippen LogP contribution in [0.15, 0.2) is 83.1 Å². The third-order valence-corrected chi connectivity index (χ3v) is 8.32. The van der Waals surface area contributed by atoms with Gasteiger partial charge in [-0.05, 0) is 85.5 Å². The number of aliphatic imine (C=N–C) groups is 1. The number of carbonyl (C=O) groups is 1. The number of benzene rings is 2. The smallest absolute Gasteiger partial charge is 0.278 e. The lowest BCUT2D eigenvalue weighted by Gasteiger charge is -2.19. The lowest BCUT2D eigenvalue weighted by Crippen LogP contribution is -2.18. The zero-order valence-electron chi connectivity index (χ0n) is 24.5. The number of allylic oxidation sites excluding steroid dienone is 6. The van der Waals surface area contributed by atoms with Gasteiger partial charge in [0, 0.05) is 46.9 Å². The maximum atomic E-state index is 15.3. The summed E-state index contributed by atoms with van der Waals surface area (Å²) in [6.07, 6.45) is 17.4. The Morgan fingerprint density at radius 1 is 1.18 bits per heavy atom. The second-order valence-electron chi connectivity index (χ2n) is 10.6. The van der Waals surface area contributed by atoms with Crippen LogP contribution in [0.5, 0.6) is 10.9 Å². The molecule has 0 bridgehead atoms. The number of nitrogens with one attached hydrogen (secondary N) is 2. The minimum atomic E-state index is -1.07. The number of ether oxygens (including phenoxy) is 1. The highest BCUT2D eigenvalue weighted by Crippen LogP contribution is 2.39. The SMILES string of the molecule is CCc1cc(NC2=CCC=CC3C(c4ccc(Oc5nccs5)c(F)c4F)=CN=C23)ccc1C(=O)CCCCCCC=C=N. The fourth-order valence-corrected chi connectivity index (χ4v) is 5.91. The topological polar surface area (TPSA) is 87.4 Å². The van der Waals surface area contributed by atoms with Gasteiger partial charge in [-0.15, -0.1) is 0 Å². The Morgan fingerprint density at radius 3 is 2.84 bits per heavy atom. The molecule has 1 aromatic heterocycles. The molecule has 6 nitrogen and oxygen atoms in total. The Balaban J connectivity index is 1.26. The molecule has 226 valence electrons. The first kappa shape index (κ1) is 31.0. The van der Waals surface area contributed by atoms with Gasteiger partial charge in [-0.3, -0.25) is 15.2 Å². The Hall–Kier alpha value is -4.46. The number of thiazole rings is 1. The minimum absolute atomic E-state index is 0.128. The summed E-state index contributed by atoms with van der Waals surface area (Å²) in [5.41, 5.74) is 4.75. The van der Waals surface area contributed by atoms with E-state index in [4.69, 9.17) is 10.1 Å². The molecule has 0 saturated heterocycles. The van der Waals surface area contributed by atoms with Crippen LogP contribution < -0.4 is 10.1 Å². The molecule has 2 aromatic carbocycles. The number of aromatic nitrogens is 1. The van der Waals surface area contributed by atoms with Gasteiger partial charge in [0.25, 0.3) is 5.19 Å². The van der Waals surface area contributed by atoms with E-state index in [2.05, 4.69) is 21.2 Å². The van der Waals surface area contributed by atoms with E-state index in [1.165, 1.54) is 29.7 Å². The number of rotatable bonds is 14. The number of unbranched alkanes of at least 4 members (excludes halogenated alkanes) is 4. The second kappa shape index (κ2) is 14.8. The van der Waals surface area contributed by atoms with Gasteiger partial charge < -0.3 is 10.1 Å². The van der Waals surface area contributed by atoms with Crippen LogP contribution in [0.25, 0.3) is 5.57 Å². The fourth-order valence-electron chi connectivity index (χ4n) is 5.41. The normalized spacial score (nSPS) is 15.4. The Morgan fingerprint density at radius 2 is 2.05 bits per heavy atom. The van der Waals surface area contributed by atoms with Gasteiger partial charge in [0.2, 0.25) is 5.82 Å². The van der Waals surface area contributed by atoms with Gasteiger partial charge in [0.1, 0.15) is 0 Å². The number of halogens is 2. The highest BCUT2D eigenvalue weighted by atomic mass is 32.1. The third kappa shape index (κ3) is 7.18. The van der Waals surface area contributed by atoms with Crippen molar-refractivity contribution in [3.63, 3.8) is 0 Å². The molecule has 0 radical (unpaired) electrons. The van der Waals surface area contributed by atoms with Crippen molar-refractivity contribution >= 4 is 40.0 Å². The molecule has 0 amide bonds. The molecule has 0 saturated carbocycles. The first-order chi connectivity index (χ1) is 21.5. The molecule has 3 aromatic rings. The van der Waals surface area contributed by atoms with Crippen molar-refractivity contribution in [2.45, 2.75) is 58.3 Å². The molecular weight excluding hydrogens is 578 g/mol. The summed E-state index contributed by atoms with van der Waals surface area (Å²) in [5, 5.41) is 12.3. The third-order valence-electron chi connectivity index (χ3n) is 7.67. The van der Waals surface area contributed by atoms with Gasteiger partial charge in [-0.2, -0.15) is 4.39 Å². The number of ketones is 1. The van der Waals surface area contributed by atoms with Crippen LogP contribution in [0.4, 0.5) is 14.5 Å². The molecule has 1 aliphatic carbocycles. The molecule has 9 heteroatoms. The molecule has 0 fully saturated rings. The van der Waals surface area contributed by atoms with Crippen molar-refractivity contribution in [3.8, 4) is 10.9 Å². The van der Waals surface area contributed by atoms with E-state index < -0.39 is 11.6 Å². The number of hydrogen-bond acceptors (Lipinski definition) is 7. The maximum absolute atomic E-state index is 15.3. The van der Waals surface area contributed by atoms with E-state index in [-0.39, 0.29) is 28.2 Å². The quantitative estimate of drug-likeness (QED) is 0.0822. The standard InChI is InChI=1S/C35H34F2N4O2S/c1-2-23-21-24(14-15-25(23)30(42)13-7-5-3-4-6-10-18-38)41-29-12-9-8-11-27-28(22-40-34(27)29)26-16-17-31(33(37)32(26)36)43-35-39-19-20-44-35/h8,10-12,14-17,19-22,27,38,41H,2-7,9,13H2,1H3. The molecule has 2 heterocycles. The van der Waals surface area contributed by atoms with Crippen LogP contribution in [0, 0.1) is 23.0 Å². The van der Waals surface area contributed by atoms with Crippen molar-refractivity contribution in [2.75, 3.05) is 5.32 Å². The highest BCUT2D eigenvalue weighted by molar-refractivity contribution is 7.11. The lowest BCUT2D eigenvalue weighted by molar-refractivity contribution is 0.0978. The number of aryl methyl sites for hydroxylation is 1. The lowest BCUT2D eigenvalue weighted by atomic mass is 9.89. The van der Waals surface area contributed by atoms with Crippen molar-refractivity contribution in [3.05, 3.63) is 106 Å². The van der Waals surface area contributed by atoms with Crippen LogP contribution in [-0.2, 0) is 6.42 Å². The fraction of sp³-hybridized carbons (Fsp3) is 0.286. The summed E-state index contributed by atoms with van der Waals surface area (Å²) < 4.78 is 35.8. The molecular formula is C35H34F2N4O2S. The first-order valence-electron chi connectivity index (χ1n) is 14.9. The zero-order valence-corrected chi connectivity index (χ0v) is 25.4. The van der Waals surface area contributed by atoms with E-state index >= 15 is 8.78 Å². The molecule has 1 unspecified atom stereocenters. The average molecular weight is 613 g/mol. The molecule has 2 aliphatic rings. The van der Waals surface area contributed by atoms with Crippen LogP contribution in [-0.4, -0.2) is 22.3 Å². The van der Waals surface area contributed by atoms with Gasteiger partial charge in [-0.1, -0.05) is 49.3 Å². The van der Waals surface area contributed by atoms with Gasteiger partial charge in [-0.25, -0.2) is 9.37 Å². The van der Waals surface area contributed by atoms with E-state index in [0.717, 1.165) is 61.0 Å². The molecule has 1 aliphatic heterocycles. The van der Waals surface area contributed by atoms with Gasteiger partial charge >= 0.3 is 0 Å². The summed E-state index contributed by atoms with van der Waals surface area (Å²) in [6, 6.07) is 8.73. The molecule has 44 heavy (non-hydrogen) atoms. The van der Waals surface area contributed by atoms with Gasteiger partial charge in [0.05, 0.1) is 11.4 Å². The summed E-state index contributed by atoms with van der Waals surface area (Å²) >= 11 is 1.19. The molecule has 5 rings (SSSR count). The number of anilines is 1. The van der Waals surface area contributed by atoms with Gasteiger partial charge in [0.15, 0.2) is 17.3 Å². The van der Waals surface area contributed by atoms with Crippen LogP contribution in [0.3, 0.4) is 0 Å². The summed E-state index contributed by atoms with van der Waals surface area (Å²) in [6.45, 7) is 2.04. The summed E-state index contributed by atoms with van der Waals surface area (Å²) in [5.74, 6) is -0.203. The number of Topliss-reactive ketones (excluding diaryl/α,β-unsaturated/α-hetero) is 1. The molecule has 2 N–H and O–H groups in total. The first-order valence-corrected chi connectivity index (χ1v) is 15.8. The Bertz CT molecular complexity index is 1680. The Kier molecular flexibility index (Phi) is 10.4.